The van der Waals surface area contributed by atoms with Crippen molar-refractivity contribution in [3.63, 3.8) is 0 Å². The van der Waals surface area contributed by atoms with Crippen molar-refractivity contribution in [1.29, 1.82) is 0 Å². The summed E-state index contributed by atoms with van der Waals surface area (Å²) >= 11 is 0. The van der Waals surface area contributed by atoms with Crippen molar-refractivity contribution in [1.82, 2.24) is 0 Å². The van der Waals surface area contributed by atoms with Gasteiger partial charge in [-0.2, -0.15) is 0 Å². The molecule has 1 aromatic rings. The first kappa shape index (κ1) is 14.8. The summed E-state index contributed by atoms with van der Waals surface area (Å²) in [6, 6.07) is 2.62. The minimum absolute atomic E-state index is 0.0923. The normalized spacial score (nSPS) is 21.8. The fourth-order valence-corrected chi connectivity index (χ4v) is 2.72. The Labute approximate surface area is 117 Å². The number of rotatable bonds is 4. The van der Waals surface area contributed by atoms with Crippen LogP contribution in [0, 0.1) is 23.5 Å². The number of carbonyl (C=O) groups excluding carboxylic acids is 1. The lowest BCUT2D eigenvalue weighted by Crippen LogP contribution is -2.14. The van der Waals surface area contributed by atoms with E-state index >= 15 is 0 Å². The molecule has 5 heteroatoms. The van der Waals surface area contributed by atoms with E-state index in [1.807, 2.05) is 0 Å². The molecule has 110 valence electrons. The number of halogens is 2. The second-order valence-electron chi connectivity index (χ2n) is 5.45. The van der Waals surface area contributed by atoms with Crippen LogP contribution in [-0.4, -0.2) is 19.6 Å². The molecule has 3 nitrogen and oxygen atoms in total. The van der Waals surface area contributed by atoms with E-state index in [2.05, 4.69) is 17.0 Å². The van der Waals surface area contributed by atoms with E-state index in [0.717, 1.165) is 20.0 Å². The zero-order valence-corrected chi connectivity index (χ0v) is 11.7. The highest BCUT2D eigenvalue weighted by Gasteiger charge is 2.23. The SMILES string of the molecule is COC(=O)c1ccc(NCC2CCC(C)C2)c(F)c1F. The van der Waals surface area contributed by atoms with Crippen LogP contribution in [0.1, 0.15) is 36.5 Å². The Hall–Kier alpha value is -1.65. The van der Waals surface area contributed by atoms with E-state index in [0.29, 0.717) is 18.4 Å². The quantitative estimate of drug-likeness (QED) is 0.858. The molecule has 2 unspecified atom stereocenters. The highest BCUT2D eigenvalue weighted by atomic mass is 19.2. The fourth-order valence-electron chi connectivity index (χ4n) is 2.72. The molecular weight excluding hydrogens is 264 g/mol. The fraction of sp³-hybridized carbons (Fsp3) is 0.533. The summed E-state index contributed by atoms with van der Waals surface area (Å²) in [4.78, 5) is 11.3. The largest absolute Gasteiger partial charge is 0.465 e. The molecule has 2 rings (SSSR count). The Morgan fingerprint density at radius 3 is 2.70 bits per heavy atom. The van der Waals surface area contributed by atoms with Gasteiger partial charge < -0.3 is 10.1 Å². The van der Waals surface area contributed by atoms with E-state index in [9.17, 15) is 13.6 Å². The molecule has 20 heavy (non-hydrogen) atoms. The molecule has 1 aromatic carbocycles. The molecule has 0 radical (unpaired) electrons. The standard InChI is InChI=1S/C15H19F2NO2/c1-9-3-4-10(7-9)8-18-12-6-5-11(15(19)20-2)13(16)14(12)17/h5-6,9-10,18H,3-4,7-8H2,1-2H3. The van der Waals surface area contributed by atoms with E-state index in [-0.39, 0.29) is 11.3 Å². The van der Waals surface area contributed by atoms with Crippen LogP contribution in [0.25, 0.3) is 0 Å². The first-order valence-corrected chi connectivity index (χ1v) is 6.83. The van der Waals surface area contributed by atoms with Gasteiger partial charge in [0.05, 0.1) is 18.4 Å². The summed E-state index contributed by atoms with van der Waals surface area (Å²) in [7, 11) is 1.13. The van der Waals surface area contributed by atoms with E-state index in [1.54, 1.807) is 0 Å². The minimum atomic E-state index is -1.17. The lowest BCUT2D eigenvalue weighted by Gasteiger charge is -2.14. The summed E-state index contributed by atoms with van der Waals surface area (Å²) in [5.41, 5.74) is -0.292. The van der Waals surface area contributed by atoms with Crippen LogP contribution in [0.4, 0.5) is 14.5 Å². The lowest BCUT2D eigenvalue weighted by atomic mass is 10.1. The summed E-state index contributed by atoms with van der Waals surface area (Å²) in [6.45, 7) is 2.82. The maximum atomic E-state index is 13.9. The summed E-state index contributed by atoms with van der Waals surface area (Å²) < 4.78 is 32.0. The third kappa shape index (κ3) is 3.08. The predicted octanol–water partition coefficient (Wildman–Crippen LogP) is 3.60. The van der Waals surface area contributed by atoms with Crippen LogP contribution in [0.15, 0.2) is 12.1 Å². The molecule has 0 bridgehead atoms. The van der Waals surface area contributed by atoms with Crippen molar-refractivity contribution in [2.24, 2.45) is 11.8 Å². The number of carbonyl (C=O) groups is 1. The Morgan fingerprint density at radius 2 is 2.10 bits per heavy atom. The van der Waals surface area contributed by atoms with Crippen LogP contribution in [0.5, 0.6) is 0 Å². The Kier molecular flexibility index (Phi) is 4.57. The monoisotopic (exact) mass is 283 g/mol. The molecule has 1 fully saturated rings. The number of ether oxygens (including phenoxy) is 1. The lowest BCUT2D eigenvalue weighted by molar-refractivity contribution is 0.0594. The van der Waals surface area contributed by atoms with Crippen LogP contribution >= 0.6 is 0 Å². The molecule has 0 aliphatic heterocycles. The van der Waals surface area contributed by atoms with Gasteiger partial charge in [0.15, 0.2) is 11.6 Å². The zero-order valence-electron chi connectivity index (χ0n) is 11.7. The number of nitrogens with one attached hydrogen (secondary N) is 1. The number of esters is 1. The van der Waals surface area contributed by atoms with E-state index < -0.39 is 17.6 Å². The maximum Gasteiger partial charge on any atom is 0.340 e. The first-order chi connectivity index (χ1) is 9.52. The molecule has 1 aliphatic carbocycles. The zero-order chi connectivity index (χ0) is 14.7. The molecule has 2 atom stereocenters. The van der Waals surface area contributed by atoms with Crippen molar-refractivity contribution < 1.29 is 18.3 Å². The molecule has 1 aliphatic rings. The molecule has 0 heterocycles. The number of benzene rings is 1. The molecular formula is C15H19F2NO2. The Balaban J connectivity index is 2.06. The molecule has 0 aromatic heterocycles. The molecule has 1 N–H and O–H groups in total. The average molecular weight is 283 g/mol. The number of anilines is 1. The summed E-state index contributed by atoms with van der Waals surface area (Å²) in [6.07, 6.45) is 3.40. The van der Waals surface area contributed by atoms with Gasteiger partial charge in [0, 0.05) is 6.54 Å². The summed E-state index contributed by atoms with van der Waals surface area (Å²) in [5.74, 6) is -1.88. The average Bonchev–Trinajstić information content (AvgIpc) is 2.85. The predicted molar refractivity (Wildman–Crippen MR) is 72.7 cm³/mol. The number of hydrogen-bond acceptors (Lipinski definition) is 3. The van der Waals surface area contributed by atoms with Gasteiger partial charge in [-0.1, -0.05) is 13.3 Å². The third-order valence-corrected chi connectivity index (χ3v) is 3.87. The topological polar surface area (TPSA) is 38.3 Å². The van der Waals surface area contributed by atoms with Gasteiger partial charge >= 0.3 is 5.97 Å². The van der Waals surface area contributed by atoms with Gasteiger partial charge in [-0.25, -0.2) is 13.6 Å². The highest BCUT2D eigenvalue weighted by molar-refractivity contribution is 5.90. The molecule has 0 saturated heterocycles. The minimum Gasteiger partial charge on any atom is -0.465 e. The van der Waals surface area contributed by atoms with Gasteiger partial charge in [-0.15, -0.1) is 0 Å². The van der Waals surface area contributed by atoms with Crippen LogP contribution < -0.4 is 5.32 Å². The van der Waals surface area contributed by atoms with Crippen molar-refractivity contribution in [3.05, 3.63) is 29.3 Å². The van der Waals surface area contributed by atoms with Gasteiger partial charge in [0.1, 0.15) is 0 Å². The number of methoxy groups -OCH3 is 1. The van der Waals surface area contributed by atoms with Crippen molar-refractivity contribution in [3.8, 4) is 0 Å². The van der Waals surface area contributed by atoms with Crippen LogP contribution in [0.2, 0.25) is 0 Å². The molecule has 0 amide bonds. The van der Waals surface area contributed by atoms with Gasteiger partial charge in [-0.3, -0.25) is 0 Å². The number of hydrogen-bond donors (Lipinski definition) is 1. The van der Waals surface area contributed by atoms with Gasteiger partial charge in [0.25, 0.3) is 0 Å². The van der Waals surface area contributed by atoms with Gasteiger partial charge in [-0.05, 0) is 36.8 Å². The van der Waals surface area contributed by atoms with Crippen LogP contribution in [0.3, 0.4) is 0 Å². The second kappa shape index (κ2) is 6.20. The van der Waals surface area contributed by atoms with Crippen molar-refractivity contribution in [2.75, 3.05) is 19.0 Å². The van der Waals surface area contributed by atoms with Crippen LogP contribution in [-0.2, 0) is 4.74 Å². The second-order valence-corrected chi connectivity index (χ2v) is 5.45. The van der Waals surface area contributed by atoms with Crippen molar-refractivity contribution in [2.45, 2.75) is 26.2 Å². The molecule has 1 saturated carbocycles. The van der Waals surface area contributed by atoms with Gasteiger partial charge in [0.2, 0.25) is 0 Å². The summed E-state index contributed by atoms with van der Waals surface area (Å²) in [5, 5.41) is 2.93. The Bertz CT molecular complexity index is 505. The van der Waals surface area contributed by atoms with Crippen molar-refractivity contribution >= 4 is 11.7 Å². The maximum absolute atomic E-state index is 13.9. The Morgan fingerprint density at radius 1 is 1.35 bits per heavy atom. The highest BCUT2D eigenvalue weighted by Crippen LogP contribution is 2.31. The molecule has 0 spiro atoms. The van der Waals surface area contributed by atoms with E-state index in [4.69, 9.17) is 0 Å². The first-order valence-electron chi connectivity index (χ1n) is 6.83. The van der Waals surface area contributed by atoms with E-state index in [1.165, 1.54) is 18.6 Å². The smallest absolute Gasteiger partial charge is 0.340 e. The third-order valence-electron chi connectivity index (χ3n) is 3.87.